The molecule has 0 saturated heterocycles. The van der Waals surface area contributed by atoms with Gasteiger partial charge in [0, 0.05) is 28.4 Å². The van der Waals surface area contributed by atoms with E-state index in [-0.39, 0.29) is 5.97 Å². The van der Waals surface area contributed by atoms with Gasteiger partial charge >= 0.3 is 5.97 Å². The van der Waals surface area contributed by atoms with Gasteiger partial charge < -0.3 is 9.47 Å². The first-order valence-electron chi connectivity index (χ1n) is 4.73. The highest BCUT2D eigenvalue weighted by Gasteiger charge is 2.22. The SMILES string of the molecule is COCCNC(C(=O)OC)c1cc(Br)cs1. The fraction of sp³-hybridized carbons (Fsp3) is 0.500. The number of rotatable bonds is 6. The minimum atomic E-state index is -0.420. The topological polar surface area (TPSA) is 47.6 Å². The second-order valence-electron chi connectivity index (χ2n) is 3.07. The Labute approximate surface area is 107 Å². The number of hydrogen-bond donors (Lipinski definition) is 1. The highest BCUT2D eigenvalue weighted by Crippen LogP contribution is 2.26. The van der Waals surface area contributed by atoms with Crippen molar-refractivity contribution in [3.8, 4) is 0 Å². The number of nitrogens with one attached hydrogen (secondary N) is 1. The predicted octanol–water partition coefficient (Wildman–Crippen LogP) is 1.96. The lowest BCUT2D eigenvalue weighted by atomic mass is 10.2. The number of methoxy groups -OCH3 is 2. The Bertz CT molecular complexity index is 343. The third-order valence-electron chi connectivity index (χ3n) is 1.96. The van der Waals surface area contributed by atoms with E-state index in [4.69, 9.17) is 9.47 Å². The van der Waals surface area contributed by atoms with Crippen LogP contribution in [0.25, 0.3) is 0 Å². The molecule has 0 fully saturated rings. The Morgan fingerprint density at radius 3 is 2.88 bits per heavy atom. The molecule has 16 heavy (non-hydrogen) atoms. The summed E-state index contributed by atoms with van der Waals surface area (Å²) in [6.07, 6.45) is 0. The number of carbonyl (C=O) groups is 1. The first kappa shape index (κ1) is 13.6. The van der Waals surface area contributed by atoms with Crippen molar-refractivity contribution in [3.05, 3.63) is 20.8 Å². The largest absolute Gasteiger partial charge is 0.468 e. The summed E-state index contributed by atoms with van der Waals surface area (Å²) in [5.74, 6) is -0.287. The molecule has 0 amide bonds. The van der Waals surface area contributed by atoms with E-state index >= 15 is 0 Å². The summed E-state index contributed by atoms with van der Waals surface area (Å²) in [4.78, 5) is 12.5. The van der Waals surface area contributed by atoms with Crippen LogP contribution in [-0.2, 0) is 14.3 Å². The van der Waals surface area contributed by atoms with Crippen molar-refractivity contribution in [1.82, 2.24) is 5.32 Å². The maximum absolute atomic E-state index is 11.6. The van der Waals surface area contributed by atoms with E-state index in [1.807, 2.05) is 11.4 Å². The van der Waals surface area contributed by atoms with Crippen LogP contribution in [0.4, 0.5) is 0 Å². The first-order valence-corrected chi connectivity index (χ1v) is 6.40. The summed E-state index contributed by atoms with van der Waals surface area (Å²) in [6.45, 7) is 1.16. The van der Waals surface area contributed by atoms with Gasteiger partial charge in [0.15, 0.2) is 0 Å². The van der Waals surface area contributed by atoms with E-state index in [9.17, 15) is 4.79 Å². The summed E-state index contributed by atoms with van der Waals surface area (Å²) in [5.41, 5.74) is 0. The summed E-state index contributed by atoms with van der Waals surface area (Å²) in [5, 5.41) is 5.02. The Morgan fingerprint density at radius 2 is 2.38 bits per heavy atom. The molecule has 1 unspecified atom stereocenters. The highest BCUT2D eigenvalue weighted by atomic mass is 79.9. The zero-order valence-corrected chi connectivity index (χ0v) is 11.6. The Hall–Kier alpha value is -0.430. The van der Waals surface area contributed by atoms with Crippen LogP contribution >= 0.6 is 27.3 Å². The Kier molecular flexibility index (Phi) is 5.97. The molecule has 0 bridgehead atoms. The van der Waals surface area contributed by atoms with E-state index in [1.165, 1.54) is 18.4 Å². The quantitative estimate of drug-likeness (QED) is 0.645. The minimum Gasteiger partial charge on any atom is -0.468 e. The Balaban J connectivity index is 2.67. The molecule has 6 heteroatoms. The van der Waals surface area contributed by atoms with Gasteiger partial charge in [-0.15, -0.1) is 11.3 Å². The monoisotopic (exact) mass is 307 g/mol. The molecule has 1 atom stereocenters. The van der Waals surface area contributed by atoms with Crippen molar-refractivity contribution >= 4 is 33.2 Å². The highest BCUT2D eigenvalue weighted by molar-refractivity contribution is 9.10. The first-order chi connectivity index (χ1) is 7.69. The molecule has 1 N–H and O–H groups in total. The van der Waals surface area contributed by atoms with Crippen molar-refractivity contribution < 1.29 is 14.3 Å². The van der Waals surface area contributed by atoms with Gasteiger partial charge in [0.05, 0.1) is 13.7 Å². The fourth-order valence-electron chi connectivity index (χ4n) is 1.20. The number of ether oxygens (including phenoxy) is 2. The molecule has 1 aromatic heterocycles. The van der Waals surface area contributed by atoms with Gasteiger partial charge in [-0.05, 0) is 22.0 Å². The van der Waals surface area contributed by atoms with Crippen LogP contribution in [-0.4, -0.2) is 33.3 Å². The maximum atomic E-state index is 11.6. The molecule has 0 saturated carbocycles. The second-order valence-corrected chi connectivity index (χ2v) is 4.93. The van der Waals surface area contributed by atoms with Gasteiger partial charge in [0.25, 0.3) is 0 Å². The molecular formula is C10H14BrNO3S. The molecule has 90 valence electrons. The van der Waals surface area contributed by atoms with Gasteiger partial charge in [0.1, 0.15) is 6.04 Å². The standard InChI is InChI=1S/C10H14BrNO3S/c1-14-4-3-12-9(10(13)15-2)8-5-7(11)6-16-8/h5-6,9,12H,3-4H2,1-2H3. The lowest BCUT2D eigenvalue weighted by molar-refractivity contribution is -0.143. The number of hydrogen-bond acceptors (Lipinski definition) is 5. The van der Waals surface area contributed by atoms with Gasteiger partial charge in [-0.25, -0.2) is 4.79 Å². The molecule has 1 aromatic rings. The number of esters is 1. The molecule has 0 aliphatic heterocycles. The van der Waals surface area contributed by atoms with E-state index in [0.29, 0.717) is 13.2 Å². The van der Waals surface area contributed by atoms with Crippen molar-refractivity contribution in [2.75, 3.05) is 27.4 Å². The third kappa shape index (κ3) is 3.86. The second kappa shape index (κ2) is 7.01. The third-order valence-corrected chi connectivity index (χ3v) is 3.72. The number of carbonyl (C=O) groups excluding carboxylic acids is 1. The van der Waals surface area contributed by atoms with Crippen LogP contribution in [0.15, 0.2) is 15.9 Å². The van der Waals surface area contributed by atoms with Crippen LogP contribution in [0.3, 0.4) is 0 Å². The van der Waals surface area contributed by atoms with Crippen molar-refractivity contribution in [2.24, 2.45) is 0 Å². The zero-order chi connectivity index (χ0) is 12.0. The van der Waals surface area contributed by atoms with Crippen LogP contribution in [0.5, 0.6) is 0 Å². The lowest BCUT2D eigenvalue weighted by Gasteiger charge is -2.14. The average Bonchev–Trinajstić information content (AvgIpc) is 2.70. The van der Waals surface area contributed by atoms with E-state index in [1.54, 1.807) is 7.11 Å². The summed E-state index contributed by atoms with van der Waals surface area (Å²) in [7, 11) is 3.01. The number of halogens is 1. The summed E-state index contributed by atoms with van der Waals surface area (Å²) in [6, 6.07) is 1.49. The number of thiophene rings is 1. The molecule has 0 aliphatic carbocycles. The molecule has 0 aliphatic rings. The molecule has 4 nitrogen and oxygen atoms in total. The maximum Gasteiger partial charge on any atom is 0.328 e. The van der Waals surface area contributed by atoms with Gasteiger partial charge in [-0.2, -0.15) is 0 Å². The van der Waals surface area contributed by atoms with Gasteiger partial charge in [-0.3, -0.25) is 5.32 Å². The van der Waals surface area contributed by atoms with Crippen LogP contribution in [0, 0.1) is 0 Å². The van der Waals surface area contributed by atoms with Crippen LogP contribution in [0.1, 0.15) is 10.9 Å². The minimum absolute atomic E-state index is 0.287. The molecule has 0 spiro atoms. The van der Waals surface area contributed by atoms with E-state index < -0.39 is 6.04 Å². The zero-order valence-electron chi connectivity index (χ0n) is 9.16. The van der Waals surface area contributed by atoms with Gasteiger partial charge in [-0.1, -0.05) is 0 Å². The smallest absolute Gasteiger partial charge is 0.328 e. The van der Waals surface area contributed by atoms with Crippen molar-refractivity contribution in [3.63, 3.8) is 0 Å². The van der Waals surface area contributed by atoms with Gasteiger partial charge in [0.2, 0.25) is 0 Å². The van der Waals surface area contributed by atoms with Crippen molar-refractivity contribution in [1.29, 1.82) is 0 Å². The van der Waals surface area contributed by atoms with Crippen LogP contribution in [0.2, 0.25) is 0 Å². The molecule has 0 aromatic carbocycles. The predicted molar refractivity (Wildman–Crippen MR) is 66.7 cm³/mol. The average molecular weight is 308 g/mol. The van der Waals surface area contributed by atoms with E-state index in [0.717, 1.165) is 9.35 Å². The normalized spacial score (nSPS) is 12.4. The Morgan fingerprint density at radius 1 is 1.62 bits per heavy atom. The van der Waals surface area contributed by atoms with E-state index in [2.05, 4.69) is 21.2 Å². The summed E-state index contributed by atoms with van der Waals surface area (Å²) >= 11 is 4.87. The molecule has 1 heterocycles. The van der Waals surface area contributed by atoms with Crippen LogP contribution < -0.4 is 5.32 Å². The molecule has 0 radical (unpaired) electrons. The lowest BCUT2D eigenvalue weighted by Crippen LogP contribution is -2.31. The van der Waals surface area contributed by atoms with Crippen molar-refractivity contribution in [2.45, 2.75) is 6.04 Å². The fourth-order valence-corrected chi connectivity index (χ4v) is 2.71. The molecular weight excluding hydrogens is 294 g/mol. The summed E-state index contributed by atoms with van der Waals surface area (Å²) < 4.78 is 10.6. The molecule has 1 rings (SSSR count).